The molecule has 2 rings (SSSR count). The van der Waals surface area contributed by atoms with E-state index in [-0.39, 0.29) is 11.3 Å². The van der Waals surface area contributed by atoms with E-state index in [1.54, 1.807) is 0 Å². The first-order valence-electron chi connectivity index (χ1n) is 13.0. The molecule has 0 aliphatic carbocycles. The monoisotopic (exact) mass is 493 g/mol. The maximum absolute atomic E-state index is 13.0. The van der Waals surface area contributed by atoms with E-state index in [9.17, 15) is 19.8 Å². The third-order valence-electron chi connectivity index (χ3n) is 8.10. The Bertz CT molecular complexity index is 1110. The molecule has 1 amide bonds. The summed E-state index contributed by atoms with van der Waals surface area (Å²) in [5.41, 5.74) is 4.96. The number of benzene rings is 2. The molecule has 5 heteroatoms. The second-order valence-electron chi connectivity index (χ2n) is 9.96. The minimum atomic E-state index is -1.03. The third kappa shape index (κ3) is 5.89. The Kier molecular flexibility index (Phi) is 9.67. The summed E-state index contributed by atoms with van der Waals surface area (Å²) in [5.74, 6) is -1.32. The van der Waals surface area contributed by atoms with E-state index in [1.165, 1.54) is 24.4 Å². The fraction of sp³-hybridized carbons (Fsp3) is 0.484. The lowest BCUT2D eigenvalue weighted by molar-refractivity contribution is -0.141. The third-order valence-corrected chi connectivity index (χ3v) is 8.10. The molecular weight excluding hydrogens is 450 g/mol. The van der Waals surface area contributed by atoms with Crippen LogP contribution in [0, 0.1) is 13.8 Å². The van der Waals surface area contributed by atoms with Crippen molar-refractivity contribution < 1.29 is 19.8 Å². The Morgan fingerprint density at radius 2 is 1.44 bits per heavy atom. The number of carboxylic acid groups (broad SMARTS) is 1. The summed E-state index contributed by atoms with van der Waals surface area (Å²) in [4.78, 5) is 25.6. The highest BCUT2D eigenvalue weighted by atomic mass is 16.4. The van der Waals surface area contributed by atoms with Crippen LogP contribution in [0.5, 0.6) is 0 Å². The first-order valence-corrected chi connectivity index (χ1v) is 13.0. The first kappa shape index (κ1) is 29.3. The van der Waals surface area contributed by atoms with E-state index in [0.717, 1.165) is 35.1 Å². The standard InChI is InChI=1S/C31H43NO4/c1-9-30(36,10-2)18-17-24-13-14-25(19-21(24)5)31(11-3,12-4)26-15-16-27(22(6)20-26)28(33)32(8)23(7)29(34)35/h13-20,23,36H,9-12H2,1-8H3,(H,34,35). The van der Waals surface area contributed by atoms with Crippen molar-refractivity contribution in [2.45, 2.75) is 91.2 Å². The van der Waals surface area contributed by atoms with Gasteiger partial charge in [0.05, 0.1) is 5.60 Å². The summed E-state index contributed by atoms with van der Waals surface area (Å²) in [6, 6.07) is 11.6. The van der Waals surface area contributed by atoms with Gasteiger partial charge in [0.25, 0.3) is 5.91 Å². The number of likely N-dealkylation sites (N-methyl/N-ethyl adjacent to an activating group) is 1. The van der Waals surface area contributed by atoms with Crippen LogP contribution >= 0.6 is 0 Å². The molecule has 0 heterocycles. The number of amides is 1. The molecule has 0 saturated heterocycles. The molecule has 2 N–H and O–H groups in total. The fourth-order valence-corrected chi connectivity index (χ4v) is 4.86. The largest absolute Gasteiger partial charge is 0.480 e. The molecule has 0 aliphatic rings. The van der Waals surface area contributed by atoms with Crippen LogP contribution in [0.4, 0.5) is 0 Å². The van der Waals surface area contributed by atoms with Gasteiger partial charge in [-0.05, 0) is 80.3 Å². The highest BCUT2D eigenvalue weighted by molar-refractivity contribution is 5.97. The van der Waals surface area contributed by atoms with E-state index < -0.39 is 17.6 Å². The van der Waals surface area contributed by atoms with Crippen molar-refractivity contribution in [3.05, 3.63) is 75.9 Å². The van der Waals surface area contributed by atoms with Gasteiger partial charge in [0.2, 0.25) is 0 Å². The van der Waals surface area contributed by atoms with Crippen molar-refractivity contribution in [3.63, 3.8) is 0 Å². The Labute approximate surface area is 216 Å². The number of carboxylic acids is 1. The quantitative estimate of drug-likeness (QED) is 0.374. The van der Waals surface area contributed by atoms with Gasteiger partial charge in [-0.1, -0.05) is 70.2 Å². The Balaban J connectivity index is 2.48. The second kappa shape index (κ2) is 11.9. The zero-order valence-electron chi connectivity index (χ0n) is 23.2. The number of rotatable bonds is 11. The number of carbonyl (C=O) groups excluding carboxylic acids is 1. The number of aryl methyl sites for hydroxylation is 2. The van der Waals surface area contributed by atoms with Crippen molar-refractivity contribution in [1.29, 1.82) is 0 Å². The first-order chi connectivity index (χ1) is 16.9. The van der Waals surface area contributed by atoms with E-state index in [4.69, 9.17) is 0 Å². The molecule has 5 nitrogen and oxygen atoms in total. The van der Waals surface area contributed by atoms with Crippen LogP contribution in [0.1, 0.15) is 98.5 Å². The van der Waals surface area contributed by atoms with E-state index in [2.05, 4.69) is 45.0 Å². The Morgan fingerprint density at radius 1 is 0.917 bits per heavy atom. The molecule has 0 spiro atoms. The normalized spacial score (nSPS) is 13.1. The van der Waals surface area contributed by atoms with E-state index in [1.807, 2.05) is 45.1 Å². The van der Waals surface area contributed by atoms with Crippen LogP contribution in [-0.2, 0) is 10.2 Å². The number of carbonyl (C=O) groups is 2. The predicted octanol–water partition coefficient (Wildman–Crippen LogP) is 6.52. The minimum absolute atomic E-state index is 0.215. The highest BCUT2D eigenvalue weighted by Crippen LogP contribution is 2.40. The van der Waals surface area contributed by atoms with Crippen LogP contribution in [0.15, 0.2) is 42.5 Å². The SMILES string of the molecule is CCC(O)(C=Cc1ccc(C(CC)(CC)c2ccc(C(=O)N(C)C(C)C(=O)O)c(C)c2)cc1C)CC. The minimum Gasteiger partial charge on any atom is -0.480 e. The summed E-state index contributed by atoms with van der Waals surface area (Å²) >= 11 is 0. The maximum Gasteiger partial charge on any atom is 0.326 e. The van der Waals surface area contributed by atoms with Crippen molar-refractivity contribution in [2.24, 2.45) is 0 Å². The van der Waals surface area contributed by atoms with Gasteiger partial charge in [-0.25, -0.2) is 4.79 Å². The van der Waals surface area contributed by atoms with Gasteiger partial charge in [-0.15, -0.1) is 0 Å². The van der Waals surface area contributed by atoms with Gasteiger partial charge < -0.3 is 15.1 Å². The predicted molar refractivity (Wildman–Crippen MR) is 147 cm³/mol. The lowest BCUT2D eigenvalue weighted by atomic mass is 9.69. The summed E-state index contributed by atoms with van der Waals surface area (Å²) in [6.07, 6.45) is 7.07. The highest BCUT2D eigenvalue weighted by Gasteiger charge is 2.32. The smallest absolute Gasteiger partial charge is 0.326 e. The molecule has 2 aromatic rings. The Hall–Kier alpha value is -2.92. The molecule has 0 radical (unpaired) electrons. The molecule has 2 aromatic carbocycles. The zero-order valence-corrected chi connectivity index (χ0v) is 23.2. The summed E-state index contributed by atoms with van der Waals surface area (Å²) in [7, 11) is 1.53. The summed E-state index contributed by atoms with van der Waals surface area (Å²) in [6.45, 7) is 13.9. The molecule has 0 fully saturated rings. The Morgan fingerprint density at radius 3 is 1.89 bits per heavy atom. The lowest BCUT2D eigenvalue weighted by Gasteiger charge is -2.34. The van der Waals surface area contributed by atoms with Crippen LogP contribution in [0.3, 0.4) is 0 Å². The van der Waals surface area contributed by atoms with Crippen LogP contribution < -0.4 is 0 Å². The van der Waals surface area contributed by atoms with Crippen molar-refractivity contribution in [1.82, 2.24) is 4.90 Å². The molecule has 1 unspecified atom stereocenters. The van der Waals surface area contributed by atoms with Gasteiger partial charge >= 0.3 is 5.97 Å². The molecule has 0 bridgehead atoms. The van der Waals surface area contributed by atoms with Crippen LogP contribution in [0.2, 0.25) is 0 Å². The average Bonchev–Trinajstić information content (AvgIpc) is 2.87. The average molecular weight is 494 g/mol. The molecule has 0 saturated carbocycles. The summed E-state index contributed by atoms with van der Waals surface area (Å²) in [5, 5.41) is 19.9. The number of hydrogen-bond donors (Lipinski definition) is 2. The van der Waals surface area contributed by atoms with Gasteiger partial charge in [-0.3, -0.25) is 4.79 Å². The molecule has 0 aliphatic heterocycles. The van der Waals surface area contributed by atoms with Crippen molar-refractivity contribution in [3.8, 4) is 0 Å². The topological polar surface area (TPSA) is 77.8 Å². The van der Waals surface area contributed by atoms with Crippen molar-refractivity contribution in [2.75, 3.05) is 7.05 Å². The molecule has 0 aromatic heterocycles. The van der Waals surface area contributed by atoms with E-state index >= 15 is 0 Å². The number of aliphatic hydroxyl groups is 1. The number of hydrogen-bond acceptors (Lipinski definition) is 3. The summed E-state index contributed by atoms with van der Waals surface area (Å²) < 4.78 is 0. The number of nitrogens with zero attached hydrogens (tertiary/aromatic N) is 1. The lowest BCUT2D eigenvalue weighted by Crippen LogP contribution is -2.40. The molecule has 1 atom stereocenters. The fourth-order valence-electron chi connectivity index (χ4n) is 4.86. The zero-order chi connectivity index (χ0) is 27.3. The number of aliphatic carboxylic acids is 1. The van der Waals surface area contributed by atoms with Gasteiger partial charge in [0.1, 0.15) is 6.04 Å². The van der Waals surface area contributed by atoms with Gasteiger partial charge in [-0.2, -0.15) is 0 Å². The maximum atomic E-state index is 13.0. The second-order valence-corrected chi connectivity index (χ2v) is 9.96. The van der Waals surface area contributed by atoms with E-state index in [0.29, 0.717) is 18.4 Å². The van der Waals surface area contributed by atoms with Gasteiger partial charge in [0, 0.05) is 18.0 Å². The van der Waals surface area contributed by atoms with Gasteiger partial charge in [0.15, 0.2) is 0 Å². The van der Waals surface area contributed by atoms with Crippen LogP contribution in [0.25, 0.3) is 6.08 Å². The van der Waals surface area contributed by atoms with Crippen LogP contribution in [-0.4, -0.2) is 45.7 Å². The molecular formula is C31H43NO4. The van der Waals surface area contributed by atoms with Crippen molar-refractivity contribution >= 4 is 18.0 Å². The molecule has 196 valence electrons. The molecule has 36 heavy (non-hydrogen) atoms.